The highest BCUT2D eigenvalue weighted by atomic mass is 15.2. The number of rotatable bonds is 5. The van der Waals surface area contributed by atoms with Gasteiger partial charge in [0.15, 0.2) is 0 Å². The normalized spacial score (nSPS) is 21.4. The van der Waals surface area contributed by atoms with Gasteiger partial charge in [0.2, 0.25) is 0 Å². The molecule has 2 heterocycles. The van der Waals surface area contributed by atoms with Gasteiger partial charge in [-0.1, -0.05) is 6.92 Å². The van der Waals surface area contributed by atoms with Crippen LogP contribution in [0.3, 0.4) is 0 Å². The van der Waals surface area contributed by atoms with Crippen LogP contribution in [0, 0.1) is 5.92 Å². The zero-order valence-corrected chi connectivity index (χ0v) is 9.89. The maximum atomic E-state index is 4.12. The molecule has 4 nitrogen and oxygen atoms in total. The average molecular weight is 220 g/mol. The first-order chi connectivity index (χ1) is 7.88. The van der Waals surface area contributed by atoms with Gasteiger partial charge < -0.3 is 5.32 Å². The van der Waals surface area contributed by atoms with E-state index in [9.17, 15) is 0 Å². The number of nitrogens with zero attached hydrogens (tertiary/aromatic N) is 3. The molecule has 0 bridgehead atoms. The molecular formula is C12H20N4. The molecule has 1 N–H and O–H groups in total. The maximum absolute atomic E-state index is 4.12. The van der Waals surface area contributed by atoms with Crippen LogP contribution in [-0.4, -0.2) is 41.3 Å². The maximum Gasteiger partial charge on any atom is 0.0771 e. The Morgan fingerprint density at radius 2 is 2.50 bits per heavy atom. The molecule has 0 aliphatic carbocycles. The van der Waals surface area contributed by atoms with Crippen molar-refractivity contribution in [3.05, 3.63) is 24.0 Å². The molecule has 2 rings (SSSR count). The third-order valence-electron chi connectivity index (χ3n) is 3.07. The average Bonchev–Trinajstić information content (AvgIpc) is 2.75. The van der Waals surface area contributed by atoms with Crippen LogP contribution < -0.4 is 5.32 Å². The Morgan fingerprint density at radius 3 is 3.25 bits per heavy atom. The fourth-order valence-corrected chi connectivity index (χ4v) is 2.22. The molecule has 1 saturated heterocycles. The lowest BCUT2D eigenvalue weighted by Gasteiger charge is -2.15. The zero-order chi connectivity index (χ0) is 11.2. The van der Waals surface area contributed by atoms with Crippen molar-refractivity contribution in [1.82, 2.24) is 20.4 Å². The predicted octanol–water partition coefficient (Wildman–Crippen LogP) is 0.908. The van der Waals surface area contributed by atoms with Crippen LogP contribution in [0.4, 0.5) is 0 Å². The second kappa shape index (κ2) is 5.92. The van der Waals surface area contributed by atoms with Crippen LogP contribution in [0.2, 0.25) is 0 Å². The van der Waals surface area contributed by atoms with Crippen LogP contribution in [0.1, 0.15) is 19.0 Å². The summed E-state index contributed by atoms with van der Waals surface area (Å²) in [5.41, 5.74) is 1.08. The largest absolute Gasteiger partial charge is 0.317 e. The Bertz CT molecular complexity index is 301. The molecule has 1 aliphatic heterocycles. The molecule has 1 atom stereocenters. The van der Waals surface area contributed by atoms with Crippen LogP contribution >= 0.6 is 0 Å². The molecular weight excluding hydrogens is 200 g/mol. The summed E-state index contributed by atoms with van der Waals surface area (Å²) in [6.07, 6.45) is 3.02. The molecule has 0 amide bonds. The topological polar surface area (TPSA) is 41.0 Å². The van der Waals surface area contributed by atoms with E-state index in [1.54, 1.807) is 6.20 Å². The number of nitrogens with one attached hydrogen (secondary N) is 1. The minimum Gasteiger partial charge on any atom is -0.317 e. The molecule has 1 aliphatic rings. The van der Waals surface area contributed by atoms with Crippen molar-refractivity contribution >= 4 is 0 Å². The lowest BCUT2D eigenvalue weighted by atomic mass is 10.1. The van der Waals surface area contributed by atoms with Crippen LogP contribution in [0.25, 0.3) is 0 Å². The van der Waals surface area contributed by atoms with Gasteiger partial charge in [-0.3, -0.25) is 4.90 Å². The van der Waals surface area contributed by atoms with E-state index in [0.29, 0.717) is 0 Å². The van der Waals surface area contributed by atoms with Crippen molar-refractivity contribution in [2.75, 3.05) is 26.2 Å². The van der Waals surface area contributed by atoms with Gasteiger partial charge in [-0.05, 0) is 44.1 Å². The van der Waals surface area contributed by atoms with Crippen molar-refractivity contribution in [3.63, 3.8) is 0 Å². The van der Waals surface area contributed by atoms with Gasteiger partial charge in [0, 0.05) is 19.3 Å². The van der Waals surface area contributed by atoms with Gasteiger partial charge in [-0.2, -0.15) is 10.2 Å². The van der Waals surface area contributed by atoms with Gasteiger partial charge in [0.05, 0.1) is 5.69 Å². The van der Waals surface area contributed by atoms with Crippen molar-refractivity contribution in [1.29, 1.82) is 0 Å². The molecule has 0 spiro atoms. The van der Waals surface area contributed by atoms with E-state index in [2.05, 4.69) is 27.3 Å². The van der Waals surface area contributed by atoms with E-state index in [4.69, 9.17) is 0 Å². The quantitative estimate of drug-likeness (QED) is 0.801. The van der Waals surface area contributed by atoms with Crippen molar-refractivity contribution < 1.29 is 0 Å². The SMILES string of the molecule is CCNCC1CCN(Cc2cccnn2)C1. The highest BCUT2D eigenvalue weighted by Crippen LogP contribution is 2.16. The summed E-state index contributed by atoms with van der Waals surface area (Å²) < 4.78 is 0. The van der Waals surface area contributed by atoms with E-state index in [-0.39, 0.29) is 0 Å². The second-order valence-corrected chi connectivity index (χ2v) is 4.41. The van der Waals surface area contributed by atoms with Gasteiger partial charge in [-0.15, -0.1) is 0 Å². The Balaban J connectivity index is 1.76. The van der Waals surface area contributed by atoms with Crippen molar-refractivity contribution in [3.8, 4) is 0 Å². The van der Waals surface area contributed by atoms with Gasteiger partial charge in [0.25, 0.3) is 0 Å². The summed E-state index contributed by atoms with van der Waals surface area (Å²) in [5, 5.41) is 11.4. The third kappa shape index (κ3) is 3.25. The first-order valence-corrected chi connectivity index (χ1v) is 6.08. The van der Waals surface area contributed by atoms with E-state index in [1.807, 2.05) is 12.1 Å². The minimum absolute atomic E-state index is 0.802. The Labute approximate surface area is 97.1 Å². The summed E-state index contributed by atoms with van der Waals surface area (Å²) in [4.78, 5) is 2.46. The van der Waals surface area contributed by atoms with E-state index >= 15 is 0 Å². The third-order valence-corrected chi connectivity index (χ3v) is 3.07. The minimum atomic E-state index is 0.802. The summed E-state index contributed by atoms with van der Waals surface area (Å²) in [6, 6.07) is 4.00. The number of hydrogen-bond donors (Lipinski definition) is 1. The molecule has 1 fully saturated rings. The number of hydrogen-bond acceptors (Lipinski definition) is 4. The standard InChI is InChI=1S/C12H20N4/c1-2-13-8-11-5-7-16(9-11)10-12-4-3-6-14-15-12/h3-4,6,11,13H,2,5,7-10H2,1H3. The van der Waals surface area contributed by atoms with E-state index in [0.717, 1.165) is 31.2 Å². The summed E-state index contributed by atoms with van der Waals surface area (Å²) in [5.74, 6) is 0.802. The Hall–Kier alpha value is -1.00. The van der Waals surface area contributed by atoms with Crippen LogP contribution in [0.5, 0.6) is 0 Å². The number of aromatic nitrogens is 2. The lowest BCUT2D eigenvalue weighted by molar-refractivity contribution is 0.310. The van der Waals surface area contributed by atoms with E-state index < -0.39 is 0 Å². The fourth-order valence-electron chi connectivity index (χ4n) is 2.22. The van der Waals surface area contributed by atoms with Crippen molar-refractivity contribution in [2.45, 2.75) is 19.9 Å². The van der Waals surface area contributed by atoms with Crippen LogP contribution in [0.15, 0.2) is 18.3 Å². The lowest BCUT2D eigenvalue weighted by Crippen LogP contribution is -2.26. The molecule has 88 valence electrons. The summed E-state index contributed by atoms with van der Waals surface area (Å²) >= 11 is 0. The van der Waals surface area contributed by atoms with Gasteiger partial charge in [-0.25, -0.2) is 0 Å². The molecule has 1 unspecified atom stereocenters. The number of likely N-dealkylation sites (tertiary alicyclic amines) is 1. The zero-order valence-electron chi connectivity index (χ0n) is 9.89. The predicted molar refractivity (Wildman–Crippen MR) is 64.0 cm³/mol. The Morgan fingerprint density at radius 1 is 1.56 bits per heavy atom. The molecule has 0 radical (unpaired) electrons. The van der Waals surface area contributed by atoms with Crippen LogP contribution in [-0.2, 0) is 6.54 Å². The summed E-state index contributed by atoms with van der Waals surface area (Å²) in [6.45, 7) is 7.69. The van der Waals surface area contributed by atoms with Gasteiger partial charge in [0.1, 0.15) is 0 Å². The summed E-state index contributed by atoms with van der Waals surface area (Å²) in [7, 11) is 0. The molecule has 1 aromatic heterocycles. The Kier molecular flexibility index (Phi) is 4.25. The fraction of sp³-hybridized carbons (Fsp3) is 0.667. The monoisotopic (exact) mass is 220 g/mol. The second-order valence-electron chi connectivity index (χ2n) is 4.41. The first kappa shape index (κ1) is 11.5. The molecule has 0 aromatic carbocycles. The molecule has 4 heteroatoms. The highest BCUT2D eigenvalue weighted by Gasteiger charge is 2.21. The highest BCUT2D eigenvalue weighted by molar-refractivity contribution is 4.99. The van der Waals surface area contributed by atoms with Crippen molar-refractivity contribution in [2.24, 2.45) is 5.92 Å². The molecule has 0 saturated carbocycles. The smallest absolute Gasteiger partial charge is 0.0771 e. The first-order valence-electron chi connectivity index (χ1n) is 6.08. The molecule has 1 aromatic rings. The van der Waals surface area contributed by atoms with E-state index in [1.165, 1.54) is 19.5 Å². The van der Waals surface area contributed by atoms with Gasteiger partial charge >= 0.3 is 0 Å². The molecule has 16 heavy (non-hydrogen) atoms.